The van der Waals surface area contributed by atoms with E-state index < -0.39 is 18.7 Å². The van der Waals surface area contributed by atoms with E-state index in [0.29, 0.717) is 0 Å². The van der Waals surface area contributed by atoms with Gasteiger partial charge in [-0.25, -0.2) is 9.78 Å². The maximum atomic E-state index is 12.3. The molecule has 0 unspecified atom stereocenters. The number of esters is 1. The summed E-state index contributed by atoms with van der Waals surface area (Å²) in [5.74, 6) is -0.514. The number of methoxy groups -OCH3 is 1. The second-order valence-electron chi connectivity index (χ2n) is 3.52. The van der Waals surface area contributed by atoms with Crippen LogP contribution in [-0.2, 0) is 4.74 Å². The highest BCUT2D eigenvalue weighted by Crippen LogP contribution is 2.21. The smallest absolute Gasteiger partial charge is 0.405 e. The Kier molecular flexibility index (Phi) is 4.52. The first-order valence-electron chi connectivity index (χ1n) is 5.23. The van der Waals surface area contributed by atoms with E-state index in [4.69, 9.17) is 0 Å². The third-order valence-electron chi connectivity index (χ3n) is 2.24. The Bertz CT molecular complexity index is 421. The van der Waals surface area contributed by atoms with Gasteiger partial charge in [-0.15, -0.1) is 0 Å². The number of nitrogens with zero attached hydrogens (tertiary/aromatic N) is 2. The van der Waals surface area contributed by atoms with Crippen molar-refractivity contribution in [1.82, 2.24) is 4.98 Å². The quantitative estimate of drug-likeness (QED) is 0.780. The lowest BCUT2D eigenvalue weighted by Gasteiger charge is -2.23. The number of hydrogen-bond donors (Lipinski definition) is 0. The molecule has 100 valence electrons. The standard InChI is InChI=1S/C11H13F3N2O2/c1-3-16(7-11(12,13)14)9-6-8(4-5-15-9)10(17)18-2/h4-6H,3,7H2,1-2H3. The van der Waals surface area contributed by atoms with Crippen LogP contribution in [0.4, 0.5) is 19.0 Å². The number of halogens is 3. The fraction of sp³-hybridized carbons (Fsp3) is 0.455. The SMILES string of the molecule is CCN(CC(F)(F)F)c1cc(C(=O)OC)ccn1. The lowest BCUT2D eigenvalue weighted by molar-refractivity contribution is -0.119. The molecule has 0 aliphatic carbocycles. The highest BCUT2D eigenvalue weighted by Gasteiger charge is 2.30. The molecule has 0 saturated carbocycles. The van der Waals surface area contributed by atoms with Crippen LogP contribution in [0.5, 0.6) is 0 Å². The Labute approximate surface area is 102 Å². The van der Waals surface area contributed by atoms with Gasteiger partial charge in [-0.3, -0.25) is 0 Å². The van der Waals surface area contributed by atoms with E-state index in [0.717, 1.165) is 4.90 Å². The number of alkyl halides is 3. The molecule has 0 bridgehead atoms. The lowest BCUT2D eigenvalue weighted by Crippen LogP contribution is -2.34. The maximum absolute atomic E-state index is 12.3. The summed E-state index contributed by atoms with van der Waals surface area (Å²) in [7, 11) is 1.20. The number of pyridine rings is 1. The summed E-state index contributed by atoms with van der Waals surface area (Å²) >= 11 is 0. The van der Waals surface area contributed by atoms with Gasteiger partial charge in [-0.05, 0) is 19.1 Å². The van der Waals surface area contributed by atoms with Gasteiger partial charge < -0.3 is 9.64 Å². The third kappa shape index (κ3) is 3.90. The van der Waals surface area contributed by atoms with Crippen molar-refractivity contribution >= 4 is 11.8 Å². The van der Waals surface area contributed by atoms with Crippen LogP contribution in [0.3, 0.4) is 0 Å². The van der Waals surface area contributed by atoms with E-state index in [9.17, 15) is 18.0 Å². The van der Waals surface area contributed by atoms with Gasteiger partial charge in [0, 0.05) is 12.7 Å². The van der Waals surface area contributed by atoms with E-state index in [1.807, 2.05) is 0 Å². The Hall–Kier alpha value is -1.79. The fourth-order valence-corrected chi connectivity index (χ4v) is 1.41. The first kappa shape index (κ1) is 14.3. The summed E-state index contributed by atoms with van der Waals surface area (Å²) in [6.45, 7) is 0.608. The number of carbonyl (C=O) groups excluding carboxylic acids is 1. The fourth-order valence-electron chi connectivity index (χ4n) is 1.41. The van der Waals surface area contributed by atoms with Crippen molar-refractivity contribution in [3.8, 4) is 0 Å². The Morgan fingerprint density at radius 1 is 1.50 bits per heavy atom. The summed E-state index contributed by atoms with van der Waals surface area (Å²) in [4.78, 5) is 16.1. The van der Waals surface area contributed by atoms with E-state index in [1.165, 1.54) is 25.4 Å². The van der Waals surface area contributed by atoms with Crippen LogP contribution >= 0.6 is 0 Å². The number of carbonyl (C=O) groups is 1. The molecule has 1 aromatic rings. The average molecular weight is 262 g/mol. The molecule has 0 radical (unpaired) electrons. The highest BCUT2D eigenvalue weighted by molar-refractivity contribution is 5.90. The molecule has 1 aromatic heterocycles. The monoisotopic (exact) mass is 262 g/mol. The summed E-state index contributed by atoms with van der Waals surface area (Å²) in [6.07, 6.45) is -3.04. The number of anilines is 1. The van der Waals surface area contributed by atoms with Crippen LogP contribution in [0.25, 0.3) is 0 Å². The van der Waals surface area contributed by atoms with E-state index >= 15 is 0 Å². The lowest BCUT2D eigenvalue weighted by atomic mass is 10.2. The molecule has 4 nitrogen and oxygen atoms in total. The van der Waals surface area contributed by atoms with Crippen molar-refractivity contribution in [3.05, 3.63) is 23.9 Å². The van der Waals surface area contributed by atoms with Crippen LogP contribution < -0.4 is 4.90 Å². The molecular weight excluding hydrogens is 249 g/mol. The minimum absolute atomic E-state index is 0.0951. The normalized spacial score (nSPS) is 11.2. The molecular formula is C11H13F3N2O2. The third-order valence-corrected chi connectivity index (χ3v) is 2.24. The van der Waals surface area contributed by atoms with Crippen molar-refractivity contribution in [3.63, 3.8) is 0 Å². The first-order valence-corrected chi connectivity index (χ1v) is 5.23. The van der Waals surface area contributed by atoms with Crippen molar-refractivity contribution in [2.24, 2.45) is 0 Å². The number of ether oxygens (including phenoxy) is 1. The van der Waals surface area contributed by atoms with Gasteiger partial charge in [-0.1, -0.05) is 0 Å². The Balaban J connectivity index is 2.96. The van der Waals surface area contributed by atoms with Crippen LogP contribution in [0.2, 0.25) is 0 Å². The zero-order chi connectivity index (χ0) is 13.8. The first-order chi connectivity index (χ1) is 8.37. The minimum atomic E-state index is -4.32. The van der Waals surface area contributed by atoms with Gasteiger partial charge >= 0.3 is 12.1 Å². The van der Waals surface area contributed by atoms with E-state index in [-0.39, 0.29) is 17.9 Å². The highest BCUT2D eigenvalue weighted by atomic mass is 19.4. The predicted molar refractivity (Wildman–Crippen MR) is 59.5 cm³/mol. The molecule has 0 atom stereocenters. The topological polar surface area (TPSA) is 42.4 Å². The number of hydrogen-bond acceptors (Lipinski definition) is 4. The summed E-state index contributed by atoms with van der Waals surface area (Å²) in [6, 6.07) is 2.66. The Morgan fingerprint density at radius 2 is 2.17 bits per heavy atom. The van der Waals surface area contributed by atoms with Crippen LogP contribution in [0.1, 0.15) is 17.3 Å². The van der Waals surface area contributed by atoms with Crippen LogP contribution in [0, 0.1) is 0 Å². The van der Waals surface area contributed by atoms with E-state index in [2.05, 4.69) is 9.72 Å². The van der Waals surface area contributed by atoms with Gasteiger partial charge in [-0.2, -0.15) is 13.2 Å². The molecule has 0 aliphatic rings. The van der Waals surface area contributed by atoms with E-state index in [1.54, 1.807) is 6.92 Å². The largest absolute Gasteiger partial charge is 0.465 e. The van der Waals surface area contributed by atoms with Gasteiger partial charge in [0.2, 0.25) is 0 Å². The molecule has 0 aliphatic heterocycles. The van der Waals surface area contributed by atoms with Gasteiger partial charge in [0.25, 0.3) is 0 Å². The summed E-state index contributed by atoms with van der Waals surface area (Å²) in [5.41, 5.74) is 0.170. The van der Waals surface area contributed by atoms with Gasteiger partial charge in [0.15, 0.2) is 0 Å². The van der Waals surface area contributed by atoms with Crippen LogP contribution in [0.15, 0.2) is 18.3 Å². The van der Waals surface area contributed by atoms with Gasteiger partial charge in [0.1, 0.15) is 12.4 Å². The molecule has 0 N–H and O–H groups in total. The van der Waals surface area contributed by atoms with Crippen LogP contribution in [-0.4, -0.2) is 37.3 Å². The van der Waals surface area contributed by atoms with Crippen molar-refractivity contribution in [2.45, 2.75) is 13.1 Å². The molecule has 0 spiro atoms. The van der Waals surface area contributed by atoms with Crippen molar-refractivity contribution in [1.29, 1.82) is 0 Å². The molecule has 7 heteroatoms. The summed E-state index contributed by atoms with van der Waals surface area (Å²) in [5, 5.41) is 0. The molecule has 1 heterocycles. The summed E-state index contributed by atoms with van der Waals surface area (Å²) < 4.78 is 41.5. The average Bonchev–Trinajstić information content (AvgIpc) is 2.34. The van der Waals surface area contributed by atoms with Gasteiger partial charge in [0.05, 0.1) is 12.7 Å². The Morgan fingerprint density at radius 3 is 2.67 bits per heavy atom. The molecule has 0 saturated heterocycles. The molecule has 0 amide bonds. The zero-order valence-corrected chi connectivity index (χ0v) is 9.99. The zero-order valence-electron chi connectivity index (χ0n) is 9.99. The number of aromatic nitrogens is 1. The van der Waals surface area contributed by atoms with Crippen molar-refractivity contribution < 1.29 is 22.7 Å². The number of rotatable bonds is 4. The second kappa shape index (κ2) is 5.70. The molecule has 1 rings (SSSR count). The molecule has 18 heavy (non-hydrogen) atoms. The predicted octanol–water partition coefficient (Wildman–Crippen LogP) is 2.26. The minimum Gasteiger partial charge on any atom is -0.465 e. The maximum Gasteiger partial charge on any atom is 0.405 e. The second-order valence-corrected chi connectivity index (χ2v) is 3.52. The molecule has 0 aromatic carbocycles. The van der Waals surface area contributed by atoms with Crippen molar-refractivity contribution in [2.75, 3.05) is 25.1 Å². The molecule has 0 fully saturated rings.